The Bertz CT molecular complexity index is 230. The molecule has 3 heteroatoms. The van der Waals surface area contributed by atoms with Crippen LogP contribution in [0, 0.1) is 5.41 Å². The molecule has 0 amide bonds. The van der Waals surface area contributed by atoms with Gasteiger partial charge < -0.3 is 5.11 Å². The SMILES string of the molecule is CC(C)(CN1C2CCC1CC2)C(=O)O. The third-order valence-electron chi connectivity index (χ3n) is 3.76. The fraction of sp³-hybridized carbons (Fsp3) is 0.909. The van der Waals surface area contributed by atoms with Crippen molar-refractivity contribution in [1.82, 2.24) is 4.90 Å². The number of rotatable bonds is 3. The Kier molecular flexibility index (Phi) is 2.30. The van der Waals surface area contributed by atoms with Gasteiger partial charge in [0.25, 0.3) is 0 Å². The van der Waals surface area contributed by atoms with Crippen LogP contribution in [0.15, 0.2) is 0 Å². The number of carboxylic acids is 1. The smallest absolute Gasteiger partial charge is 0.310 e. The Morgan fingerprint density at radius 1 is 1.29 bits per heavy atom. The standard InChI is InChI=1S/C11H19NO2/c1-11(2,10(13)14)7-12-8-3-4-9(12)6-5-8/h8-9H,3-7H2,1-2H3,(H,13,14). The number of nitrogens with zero attached hydrogens (tertiary/aromatic N) is 1. The van der Waals surface area contributed by atoms with Crippen molar-refractivity contribution in [2.45, 2.75) is 51.6 Å². The van der Waals surface area contributed by atoms with E-state index in [1.165, 1.54) is 25.7 Å². The Balaban J connectivity index is 2.01. The van der Waals surface area contributed by atoms with E-state index in [0.29, 0.717) is 12.1 Å². The number of carboxylic acid groups (broad SMARTS) is 1. The first kappa shape index (κ1) is 9.97. The molecule has 2 heterocycles. The maximum Gasteiger partial charge on any atom is 0.310 e. The van der Waals surface area contributed by atoms with Crippen molar-refractivity contribution in [1.29, 1.82) is 0 Å². The predicted molar refractivity (Wildman–Crippen MR) is 54.2 cm³/mol. The molecule has 0 aromatic carbocycles. The Labute approximate surface area is 85.1 Å². The molecule has 0 saturated carbocycles. The minimum absolute atomic E-state index is 0.592. The third kappa shape index (κ3) is 1.54. The molecule has 0 spiro atoms. The molecule has 1 N–H and O–H groups in total. The lowest BCUT2D eigenvalue weighted by molar-refractivity contribution is -0.148. The van der Waals surface area contributed by atoms with Crippen LogP contribution in [-0.2, 0) is 4.79 Å². The van der Waals surface area contributed by atoms with Crippen molar-refractivity contribution in [2.24, 2.45) is 5.41 Å². The summed E-state index contributed by atoms with van der Waals surface area (Å²) in [5.74, 6) is -0.677. The van der Waals surface area contributed by atoms with Crippen LogP contribution in [0.5, 0.6) is 0 Å². The summed E-state index contributed by atoms with van der Waals surface area (Å²) >= 11 is 0. The first-order valence-electron chi connectivity index (χ1n) is 5.50. The van der Waals surface area contributed by atoms with Crippen LogP contribution in [0.25, 0.3) is 0 Å². The second kappa shape index (κ2) is 3.23. The van der Waals surface area contributed by atoms with Crippen LogP contribution < -0.4 is 0 Å². The van der Waals surface area contributed by atoms with Gasteiger partial charge in [-0.1, -0.05) is 0 Å². The molecule has 0 aromatic rings. The monoisotopic (exact) mass is 197 g/mol. The second-order valence-corrected chi connectivity index (χ2v) is 5.32. The number of hydrogen-bond acceptors (Lipinski definition) is 2. The van der Waals surface area contributed by atoms with Crippen LogP contribution in [0.2, 0.25) is 0 Å². The Morgan fingerprint density at radius 2 is 1.71 bits per heavy atom. The second-order valence-electron chi connectivity index (χ2n) is 5.32. The van der Waals surface area contributed by atoms with Gasteiger partial charge in [-0.25, -0.2) is 0 Å². The summed E-state index contributed by atoms with van der Waals surface area (Å²) in [6.45, 7) is 4.37. The predicted octanol–water partition coefficient (Wildman–Crippen LogP) is 1.72. The van der Waals surface area contributed by atoms with Gasteiger partial charge in [0.2, 0.25) is 0 Å². The van der Waals surface area contributed by atoms with E-state index < -0.39 is 11.4 Å². The van der Waals surface area contributed by atoms with Gasteiger partial charge in [0.15, 0.2) is 0 Å². The summed E-state index contributed by atoms with van der Waals surface area (Å²) in [6.07, 6.45) is 5.11. The molecule has 0 atom stereocenters. The summed E-state index contributed by atoms with van der Waals surface area (Å²) in [6, 6.07) is 1.36. The zero-order chi connectivity index (χ0) is 10.3. The number of carbonyl (C=O) groups is 1. The van der Waals surface area contributed by atoms with E-state index in [-0.39, 0.29) is 0 Å². The molecule has 2 bridgehead atoms. The molecule has 80 valence electrons. The minimum Gasteiger partial charge on any atom is -0.481 e. The van der Waals surface area contributed by atoms with Crippen molar-refractivity contribution in [3.8, 4) is 0 Å². The highest BCUT2D eigenvalue weighted by atomic mass is 16.4. The van der Waals surface area contributed by atoms with E-state index in [2.05, 4.69) is 4.90 Å². The summed E-state index contributed by atoms with van der Waals surface area (Å²) in [4.78, 5) is 13.4. The first-order valence-corrected chi connectivity index (χ1v) is 5.50. The molecule has 2 aliphatic heterocycles. The third-order valence-corrected chi connectivity index (χ3v) is 3.76. The van der Waals surface area contributed by atoms with Gasteiger partial charge in [-0.3, -0.25) is 9.69 Å². The van der Waals surface area contributed by atoms with E-state index in [0.717, 1.165) is 6.54 Å². The molecule has 2 saturated heterocycles. The average Bonchev–Trinajstić information content (AvgIpc) is 2.64. The zero-order valence-electron chi connectivity index (χ0n) is 8.99. The molecule has 2 aliphatic rings. The highest BCUT2D eigenvalue weighted by Crippen LogP contribution is 2.39. The molecule has 2 rings (SSSR count). The van der Waals surface area contributed by atoms with Gasteiger partial charge in [0.1, 0.15) is 0 Å². The molecular formula is C11H19NO2. The molecule has 2 fully saturated rings. The highest BCUT2D eigenvalue weighted by molar-refractivity contribution is 5.73. The van der Waals surface area contributed by atoms with Crippen molar-refractivity contribution in [3.05, 3.63) is 0 Å². The molecule has 0 radical (unpaired) electrons. The van der Waals surface area contributed by atoms with Crippen LogP contribution in [-0.4, -0.2) is 34.6 Å². The minimum atomic E-state index is -0.677. The van der Waals surface area contributed by atoms with E-state index >= 15 is 0 Å². The summed E-state index contributed by atoms with van der Waals surface area (Å²) in [7, 11) is 0. The van der Waals surface area contributed by atoms with Gasteiger partial charge in [0, 0.05) is 18.6 Å². The van der Waals surface area contributed by atoms with Gasteiger partial charge in [-0.15, -0.1) is 0 Å². The fourth-order valence-electron chi connectivity index (χ4n) is 2.80. The fourth-order valence-corrected chi connectivity index (χ4v) is 2.80. The maximum atomic E-state index is 11.0. The highest BCUT2D eigenvalue weighted by Gasteiger charge is 2.43. The summed E-state index contributed by atoms with van der Waals surface area (Å²) < 4.78 is 0. The van der Waals surface area contributed by atoms with Crippen LogP contribution in [0.1, 0.15) is 39.5 Å². The molecule has 3 nitrogen and oxygen atoms in total. The number of hydrogen-bond donors (Lipinski definition) is 1. The van der Waals surface area contributed by atoms with E-state index in [4.69, 9.17) is 5.11 Å². The average molecular weight is 197 g/mol. The lowest BCUT2D eigenvalue weighted by Gasteiger charge is -2.29. The number of aliphatic carboxylic acids is 1. The van der Waals surface area contributed by atoms with Gasteiger partial charge in [0.05, 0.1) is 5.41 Å². The molecule has 14 heavy (non-hydrogen) atoms. The lowest BCUT2D eigenvalue weighted by Crippen LogP contribution is -2.41. The van der Waals surface area contributed by atoms with Crippen molar-refractivity contribution < 1.29 is 9.90 Å². The Morgan fingerprint density at radius 3 is 2.07 bits per heavy atom. The Hall–Kier alpha value is -0.570. The van der Waals surface area contributed by atoms with Gasteiger partial charge in [-0.05, 0) is 39.5 Å². The van der Waals surface area contributed by atoms with Gasteiger partial charge >= 0.3 is 5.97 Å². The number of fused-ring (bicyclic) bond motifs is 2. The summed E-state index contributed by atoms with van der Waals surface area (Å²) in [5.41, 5.74) is -0.592. The molecule has 0 aliphatic carbocycles. The van der Waals surface area contributed by atoms with E-state index in [1.54, 1.807) is 0 Å². The largest absolute Gasteiger partial charge is 0.481 e. The zero-order valence-corrected chi connectivity index (χ0v) is 8.99. The van der Waals surface area contributed by atoms with Crippen LogP contribution >= 0.6 is 0 Å². The molecule has 0 unspecified atom stereocenters. The normalized spacial score (nSPS) is 32.4. The molecular weight excluding hydrogens is 178 g/mol. The topological polar surface area (TPSA) is 40.5 Å². The molecule has 0 aromatic heterocycles. The van der Waals surface area contributed by atoms with Crippen molar-refractivity contribution in [2.75, 3.05) is 6.54 Å². The first-order chi connectivity index (χ1) is 6.50. The lowest BCUT2D eigenvalue weighted by atomic mass is 9.93. The van der Waals surface area contributed by atoms with E-state index in [9.17, 15) is 4.79 Å². The van der Waals surface area contributed by atoms with Crippen LogP contribution in [0.3, 0.4) is 0 Å². The van der Waals surface area contributed by atoms with Crippen molar-refractivity contribution in [3.63, 3.8) is 0 Å². The maximum absolute atomic E-state index is 11.0. The van der Waals surface area contributed by atoms with E-state index in [1.807, 2.05) is 13.8 Å². The van der Waals surface area contributed by atoms with Gasteiger partial charge in [-0.2, -0.15) is 0 Å². The van der Waals surface area contributed by atoms with Crippen LogP contribution in [0.4, 0.5) is 0 Å². The quantitative estimate of drug-likeness (QED) is 0.749. The van der Waals surface area contributed by atoms with Crippen molar-refractivity contribution >= 4 is 5.97 Å². The summed E-state index contributed by atoms with van der Waals surface area (Å²) in [5, 5.41) is 9.07.